The van der Waals surface area contributed by atoms with Gasteiger partial charge < -0.3 is 5.73 Å². The lowest BCUT2D eigenvalue weighted by Gasteiger charge is -2.02. The molecular weight excluding hydrogens is 305 g/mol. The third-order valence-corrected chi connectivity index (χ3v) is 3.18. The van der Waals surface area contributed by atoms with Gasteiger partial charge in [-0.3, -0.25) is 10.1 Å². The lowest BCUT2D eigenvalue weighted by molar-refractivity contribution is -0.384. The number of nitrogens with two attached hydrogens (primary N) is 1. The Morgan fingerprint density at radius 3 is 2.75 bits per heavy atom. The summed E-state index contributed by atoms with van der Waals surface area (Å²) < 4.78 is 1.32. The molecule has 2 aromatic rings. The number of aromatic nitrogens is 2. The fraction of sp³-hybridized carbons (Fsp3) is 0.0909. The number of hydrogen-bond donors (Lipinski definition) is 1. The van der Waals surface area contributed by atoms with Gasteiger partial charge in [-0.2, -0.15) is 5.10 Å². The van der Waals surface area contributed by atoms with Gasteiger partial charge >= 0.3 is 0 Å². The Labute approximate surface area is 123 Å². The Bertz CT molecular complexity index is 711. The molecule has 1 heterocycles. The van der Waals surface area contributed by atoms with Gasteiger partial charge in [0, 0.05) is 11.6 Å². The average Bonchev–Trinajstić information content (AvgIpc) is 2.67. The second kappa shape index (κ2) is 5.48. The van der Waals surface area contributed by atoms with E-state index >= 15 is 0 Å². The predicted molar refractivity (Wildman–Crippen MR) is 77.5 cm³/mol. The van der Waals surface area contributed by atoms with Crippen LogP contribution in [-0.2, 0) is 0 Å². The van der Waals surface area contributed by atoms with Crippen molar-refractivity contribution in [2.45, 2.75) is 6.92 Å². The lowest BCUT2D eigenvalue weighted by atomic mass is 10.2. The van der Waals surface area contributed by atoms with Gasteiger partial charge in [0.1, 0.15) is 5.02 Å². The van der Waals surface area contributed by atoms with E-state index in [0.29, 0.717) is 5.69 Å². The topological polar surface area (TPSA) is 99.3 Å². The zero-order chi connectivity index (χ0) is 14.9. The number of rotatable bonds is 3. The number of nitrogen functional groups attached to an aromatic ring is 1. The van der Waals surface area contributed by atoms with Gasteiger partial charge in [0.2, 0.25) is 5.95 Å². The van der Waals surface area contributed by atoms with E-state index in [1.54, 1.807) is 13.1 Å². The van der Waals surface area contributed by atoms with Crippen LogP contribution in [0, 0.1) is 17.0 Å². The van der Waals surface area contributed by atoms with E-state index in [-0.39, 0.29) is 27.2 Å². The average molecular weight is 314 g/mol. The highest BCUT2D eigenvalue weighted by molar-refractivity contribution is 6.40. The molecule has 1 aromatic heterocycles. The van der Waals surface area contributed by atoms with Gasteiger partial charge in [-0.15, -0.1) is 0 Å². The van der Waals surface area contributed by atoms with E-state index in [2.05, 4.69) is 10.1 Å². The van der Waals surface area contributed by atoms with Gasteiger partial charge in [-0.1, -0.05) is 23.2 Å². The number of anilines is 1. The number of halogens is 2. The fourth-order valence-electron chi connectivity index (χ4n) is 1.53. The molecule has 7 nitrogen and oxygen atoms in total. The number of aryl methyl sites for hydroxylation is 1. The lowest BCUT2D eigenvalue weighted by Crippen LogP contribution is -1.98. The third-order valence-electron chi connectivity index (χ3n) is 2.45. The van der Waals surface area contributed by atoms with Gasteiger partial charge in [-0.25, -0.2) is 9.66 Å². The minimum absolute atomic E-state index is 0.0818. The number of imidazole rings is 1. The minimum Gasteiger partial charge on any atom is -0.368 e. The molecule has 2 rings (SSSR count). The summed E-state index contributed by atoms with van der Waals surface area (Å²) in [5.74, 6) is 0.191. The molecule has 9 heteroatoms. The Morgan fingerprint density at radius 2 is 2.20 bits per heavy atom. The van der Waals surface area contributed by atoms with E-state index in [1.165, 1.54) is 23.0 Å². The van der Waals surface area contributed by atoms with Crippen LogP contribution < -0.4 is 5.73 Å². The zero-order valence-electron chi connectivity index (χ0n) is 10.2. The highest BCUT2D eigenvalue weighted by Gasteiger charge is 2.17. The van der Waals surface area contributed by atoms with Crippen molar-refractivity contribution in [1.29, 1.82) is 0 Å². The highest BCUT2D eigenvalue weighted by Crippen LogP contribution is 2.31. The summed E-state index contributed by atoms with van der Waals surface area (Å²) in [6, 6.07) is 2.62. The maximum atomic E-state index is 10.8. The van der Waals surface area contributed by atoms with Gasteiger partial charge in [0.25, 0.3) is 5.69 Å². The van der Waals surface area contributed by atoms with Crippen molar-refractivity contribution in [3.63, 3.8) is 0 Å². The molecule has 0 aliphatic carbocycles. The number of benzene rings is 1. The maximum absolute atomic E-state index is 10.8. The van der Waals surface area contributed by atoms with Crippen molar-refractivity contribution in [1.82, 2.24) is 9.66 Å². The summed E-state index contributed by atoms with van der Waals surface area (Å²) in [6.07, 6.45) is 2.90. The highest BCUT2D eigenvalue weighted by atomic mass is 35.5. The molecule has 0 amide bonds. The van der Waals surface area contributed by atoms with Crippen LogP contribution in [0.3, 0.4) is 0 Å². The number of nitro groups is 1. The van der Waals surface area contributed by atoms with Crippen LogP contribution in [0.2, 0.25) is 10.0 Å². The monoisotopic (exact) mass is 313 g/mol. The molecule has 0 saturated heterocycles. The zero-order valence-corrected chi connectivity index (χ0v) is 11.8. The summed E-state index contributed by atoms with van der Waals surface area (Å²) >= 11 is 11.9. The SMILES string of the molecule is Cc1cn(N=Cc2c(Cl)ccc([N+](=O)[O-])c2Cl)c(N)n1. The first-order chi connectivity index (χ1) is 9.40. The Morgan fingerprint density at radius 1 is 1.50 bits per heavy atom. The number of nitrogens with zero attached hydrogens (tertiary/aromatic N) is 4. The molecule has 2 N–H and O–H groups in total. The van der Waals surface area contributed by atoms with E-state index in [1.807, 2.05) is 0 Å². The molecule has 0 radical (unpaired) electrons. The quantitative estimate of drug-likeness (QED) is 0.535. The number of hydrogen-bond acceptors (Lipinski definition) is 5. The van der Waals surface area contributed by atoms with Crippen molar-refractivity contribution >= 4 is 41.1 Å². The normalized spacial score (nSPS) is 11.2. The minimum atomic E-state index is -0.592. The Balaban J connectivity index is 2.45. The van der Waals surface area contributed by atoms with Gasteiger partial charge in [-0.05, 0) is 13.0 Å². The molecule has 104 valence electrons. The summed E-state index contributed by atoms with van der Waals surface area (Å²) in [4.78, 5) is 14.2. The Hall–Kier alpha value is -2.12. The van der Waals surface area contributed by atoms with Gasteiger partial charge in [0.05, 0.1) is 28.1 Å². The van der Waals surface area contributed by atoms with E-state index in [4.69, 9.17) is 28.9 Å². The summed E-state index contributed by atoms with van der Waals surface area (Å²) in [5.41, 5.74) is 6.31. The largest absolute Gasteiger partial charge is 0.368 e. The van der Waals surface area contributed by atoms with Crippen LogP contribution in [0.5, 0.6) is 0 Å². The fourth-order valence-corrected chi connectivity index (χ4v) is 2.07. The molecular formula is C11H9Cl2N5O2. The molecule has 1 aromatic carbocycles. The standard InChI is InChI=1S/C11H9Cl2N5O2/c1-6-5-17(11(14)16-6)15-4-7-8(12)2-3-9(10(7)13)18(19)20/h2-5H,1H3,(H2,14,16). The van der Waals surface area contributed by atoms with Crippen LogP contribution >= 0.6 is 23.2 Å². The van der Waals surface area contributed by atoms with Crippen LogP contribution in [0.1, 0.15) is 11.3 Å². The molecule has 0 unspecified atom stereocenters. The van der Waals surface area contributed by atoms with Crippen molar-refractivity contribution in [2.75, 3.05) is 5.73 Å². The number of nitro benzene ring substituents is 1. The van der Waals surface area contributed by atoms with Crippen LogP contribution in [0.15, 0.2) is 23.4 Å². The van der Waals surface area contributed by atoms with Crippen molar-refractivity contribution in [3.05, 3.63) is 49.7 Å². The first kappa shape index (κ1) is 14.3. The first-order valence-corrected chi connectivity index (χ1v) is 6.14. The molecule has 0 bridgehead atoms. The third kappa shape index (κ3) is 2.73. The van der Waals surface area contributed by atoms with Crippen molar-refractivity contribution in [3.8, 4) is 0 Å². The summed E-state index contributed by atoms with van der Waals surface area (Å²) in [7, 11) is 0. The molecule has 0 aliphatic rings. The van der Waals surface area contributed by atoms with Crippen molar-refractivity contribution in [2.24, 2.45) is 5.10 Å². The van der Waals surface area contributed by atoms with Crippen LogP contribution in [0.4, 0.5) is 11.6 Å². The second-order valence-electron chi connectivity index (χ2n) is 3.88. The molecule has 0 saturated carbocycles. The van der Waals surface area contributed by atoms with Gasteiger partial charge in [0.15, 0.2) is 0 Å². The molecule has 0 spiro atoms. The summed E-state index contributed by atoms with van der Waals surface area (Å²) in [6.45, 7) is 1.76. The Kier molecular flexibility index (Phi) is 3.91. The maximum Gasteiger partial charge on any atom is 0.288 e. The van der Waals surface area contributed by atoms with E-state index < -0.39 is 4.92 Å². The first-order valence-electron chi connectivity index (χ1n) is 5.38. The van der Waals surface area contributed by atoms with Crippen LogP contribution in [-0.4, -0.2) is 20.8 Å². The smallest absolute Gasteiger partial charge is 0.288 e. The van der Waals surface area contributed by atoms with E-state index in [9.17, 15) is 10.1 Å². The molecule has 0 atom stereocenters. The van der Waals surface area contributed by atoms with Crippen molar-refractivity contribution < 1.29 is 4.92 Å². The van der Waals surface area contributed by atoms with E-state index in [0.717, 1.165) is 0 Å². The molecule has 0 fully saturated rings. The molecule has 0 aliphatic heterocycles. The predicted octanol–water partition coefficient (Wildman–Crippen LogP) is 2.87. The summed E-state index contributed by atoms with van der Waals surface area (Å²) in [5, 5.41) is 15.0. The molecule has 20 heavy (non-hydrogen) atoms. The second-order valence-corrected chi connectivity index (χ2v) is 4.67. The van der Waals surface area contributed by atoms with Crippen LogP contribution in [0.25, 0.3) is 0 Å².